The third kappa shape index (κ3) is 5.69. The van der Waals surface area contributed by atoms with Gasteiger partial charge < -0.3 is 5.73 Å². The normalized spacial score (nSPS) is 13.7. The van der Waals surface area contributed by atoms with Gasteiger partial charge >= 0.3 is 0 Å². The molecule has 1 rings (SSSR count). The minimum Gasteiger partial charge on any atom is -0.330 e. The lowest BCUT2D eigenvalue weighted by molar-refractivity contribution is 0.328. The maximum Gasteiger partial charge on any atom is 0.0175 e. The fraction of sp³-hybridized carbons (Fsp3) is 0.600. The third-order valence-corrected chi connectivity index (χ3v) is 3.49. The Bertz CT molecular complexity index is 324. The summed E-state index contributed by atoms with van der Waals surface area (Å²) in [6.45, 7) is 7.71. The van der Waals surface area contributed by atoms with Crippen molar-refractivity contribution in [3.8, 4) is 0 Å². The van der Waals surface area contributed by atoms with E-state index in [1.807, 2.05) is 0 Å². The topological polar surface area (TPSA) is 26.0 Å². The second-order valence-corrected chi connectivity index (χ2v) is 6.86. The molecule has 0 aliphatic heterocycles. The van der Waals surface area contributed by atoms with Crippen LogP contribution in [-0.2, 0) is 0 Å². The minimum atomic E-state index is 0.367. The highest BCUT2D eigenvalue weighted by Gasteiger charge is 2.19. The summed E-state index contributed by atoms with van der Waals surface area (Å²) in [6, 6.07) is 8.73. The van der Waals surface area contributed by atoms with Crippen LogP contribution in [0.4, 0.5) is 0 Å². The van der Waals surface area contributed by atoms with E-state index in [2.05, 4.69) is 61.0 Å². The molecule has 0 radical (unpaired) electrons. The molecule has 0 aromatic heterocycles. The Balaban J connectivity index is 2.78. The van der Waals surface area contributed by atoms with E-state index in [0.29, 0.717) is 11.3 Å². The zero-order valence-electron chi connectivity index (χ0n) is 11.2. The molecular formula is C15H24BrN. The van der Waals surface area contributed by atoms with Gasteiger partial charge in [-0.3, -0.25) is 0 Å². The standard InChI is InChI=1S/C15H24BrN/c1-15(2,3)11-13(5-4-10-17)12-6-8-14(16)9-7-12/h6-9,13H,4-5,10-11,17H2,1-3H3. The predicted molar refractivity (Wildman–Crippen MR) is 79.2 cm³/mol. The van der Waals surface area contributed by atoms with Crippen molar-refractivity contribution < 1.29 is 0 Å². The van der Waals surface area contributed by atoms with Crippen LogP contribution in [0.1, 0.15) is 51.5 Å². The van der Waals surface area contributed by atoms with E-state index in [4.69, 9.17) is 5.73 Å². The number of nitrogens with two attached hydrogens (primary N) is 1. The fourth-order valence-electron chi connectivity index (χ4n) is 2.22. The third-order valence-electron chi connectivity index (χ3n) is 2.96. The first-order chi connectivity index (χ1) is 7.92. The van der Waals surface area contributed by atoms with Crippen molar-refractivity contribution in [3.63, 3.8) is 0 Å². The van der Waals surface area contributed by atoms with Gasteiger partial charge in [0.2, 0.25) is 0 Å². The van der Waals surface area contributed by atoms with Gasteiger partial charge in [-0.1, -0.05) is 48.8 Å². The van der Waals surface area contributed by atoms with Crippen LogP contribution in [0.25, 0.3) is 0 Å². The first kappa shape index (κ1) is 14.7. The average Bonchev–Trinajstić information content (AvgIpc) is 2.24. The monoisotopic (exact) mass is 297 g/mol. The van der Waals surface area contributed by atoms with Crippen LogP contribution >= 0.6 is 15.9 Å². The van der Waals surface area contributed by atoms with E-state index in [9.17, 15) is 0 Å². The number of rotatable bonds is 5. The lowest BCUT2D eigenvalue weighted by Gasteiger charge is -2.26. The van der Waals surface area contributed by atoms with Gasteiger partial charge in [0.1, 0.15) is 0 Å². The zero-order chi connectivity index (χ0) is 12.9. The van der Waals surface area contributed by atoms with Crippen molar-refractivity contribution >= 4 is 15.9 Å². The van der Waals surface area contributed by atoms with E-state index in [1.54, 1.807) is 0 Å². The van der Waals surface area contributed by atoms with Gasteiger partial charge in [0.25, 0.3) is 0 Å². The highest BCUT2D eigenvalue weighted by atomic mass is 79.9. The first-order valence-corrected chi connectivity index (χ1v) is 7.17. The Kier molecular flexibility index (Phi) is 5.68. The van der Waals surface area contributed by atoms with Gasteiger partial charge in [-0.15, -0.1) is 0 Å². The number of hydrogen-bond donors (Lipinski definition) is 1. The highest BCUT2D eigenvalue weighted by Crippen LogP contribution is 2.34. The van der Waals surface area contributed by atoms with E-state index in [0.717, 1.165) is 17.4 Å². The molecule has 1 aromatic rings. The van der Waals surface area contributed by atoms with E-state index >= 15 is 0 Å². The van der Waals surface area contributed by atoms with E-state index < -0.39 is 0 Å². The summed E-state index contributed by atoms with van der Waals surface area (Å²) in [5.41, 5.74) is 7.44. The summed E-state index contributed by atoms with van der Waals surface area (Å²) in [4.78, 5) is 0. The van der Waals surface area contributed by atoms with Crippen LogP contribution in [0.15, 0.2) is 28.7 Å². The van der Waals surface area contributed by atoms with Crippen molar-refractivity contribution in [1.82, 2.24) is 0 Å². The second-order valence-electron chi connectivity index (χ2n) is 5.94. The largest absolute Gasteiger partial charge is 0.330 e. The smallest absolute Gasteiger partial charge is 0.0175 e. The van der Waals surface area contributed by atoms with Crippen LogP contribution in [0.5, 0.6) is 0 Å². The predicted octanol–water partition coefficient (Wildman–Crippen LogP) is 4.71. The molecule has 1 atom stereocenters. The average molecular weight is 298 g/mol. The van der Waals surface area contributed by atoms with Crippen LogP contribution < -0.4 is 5.73 Å². The number of benzene rings is 1. The van der Waals surface area contributed by atoms with Crippen molar-refractivity contribution in [2.75, 3.05) is 6.54 Å². The summed E-state index contributed by atoms with van der Waals surface area (Å²) < 4.78 is 1.15. The molecule has 0 heterocycles. The Morgan fingerprint density at radius 3 is 2.24 bits per heavy atom. The van der Waals surface area contributed by atoms with Crippen molar-refractivity contribution in [2.24, 2.45) is 11.1 Å². The minimum absolute atomic E-state index is 0.367. The number of halogens is 1. The number of hydrogen-bond acceptors (Lipinski definition) is 1. The zero-order valence-corrected chi connectivity index (χ0v) is 12.8. The maximum atomic E-state index is 5.64. The quantitative estimate of drug-likeness (QED) is 0.837. The molecule has 0 bridgehead atoms. The fourth-order valence-corrected chi connectivity index (χ4v) is 2.49. The Morgan fingerprint density at radius 1 is 1.18 bits per heavy atom. The van der Waals surface area contributed by atoms with Crippen molar-refractivity contribution in [1.29, 1.82) is 0 Å². The first-order valence-electron chi connectivity index (χ1n) is 6.38. The van der Waals surface area contributed by atoms with Gasteiger partial charge in [0.15, 0.2) is 0 Å². The molecule has 0 saturated heterocycles. The molecule has 2 N–H and O–H groups in total. The molecule has 0 aliphatic carbocycles. The van der Waals surface area contributed by atoms with Crippen molar-refractivity contribution in [2.45, 2.75) is 46.0 Å². The summed E-state index contributed by atoms with van der Waals surface area (Å²) in [5, 5.41) is 0. The summed E-state index contributed by atoms with van der Waals surface area (Å²) >= 11 is 3.49. The molecule has 0 fully saturated rings. The SMILES string of the molecule is CC(C)(C)CC(CCCN)c1ccc(Br)cc1. The second kappa shape index (κ2) is 6.55. The van der Waals surface area contributed by atoms with E-state index in [-0.39, 0.29) is 0 Å². The highest BCUT2D eigenvalue weighted by molar-refractivity contribution is 9.10. The molecule has 2 heteroatoms. The Labute approximate surface area is 114 Å². The Hall–Kier alpha value is -0.340. The lowest BCUT2D eigenvalue weighted by atomic mass is 9.79. The maximum absolute atomic E-state index is 5.64. The summed E-state index contributed by atoms with van der Waals surface area (Å²) in [6.07, 6.45) is 3.51. The van der Waals surface area contributed by atoms with Gasteiger partial charge in [0, 0.05) is 4.47 Å². The molecule has 0 spiro atoms. The summed E-state index contributed by atoms with van der Waals surface area (Å²) in [5.74, 6) is 0.631. The van der Waals surface area contributed by atoms with Gasteiger partial charge in [-0.25, -0.2) is 0 Å². The molecular weight excluding hydrogens is 274 g/mol. The molecule has 1 nitrogen and oxygen atoms in total. The molecule has 1 unspecified atom stereocenters. The Morgan fingerprint density at radius 2 is 1.76 bits per heavy atom. The van der Waals surface area contributed by atoms with Crippen molar-refractivity contribution in [3.05, 3.63) is 34.3 Å². The lowest BCUT2D eigenvalue weighted by Crippen LogP contribution is -2.13. The molecule has 0 amide bonds. The van der Waals surface area contributed by atoms with Crippen LogP contribution in [0.3, 0.4) is 0 Å². The van der Waals surface area contributed by atoms with Gasteiger partial charge in [0.05, 0.1) is 0 Å². The van der Waals surface area contributed by atoms with Gasteiger partial charge in [-0.2, -0.15) is 0 Å². The van der Waals surface area contributed by atoms with Crippen LogP contribution in [0, 0.1) is 5.41 Å². The van der Waals surface area contributed by atoms with Gasteiger partial charge in [-0.05, 0) is 54.8 Å². The molecule has 0 aliphatic rings. The molecule has 1 aromatic carbocycles. The van der Waals surface area contributed by atoms with Crippen LogP contribution in [-0.4, -0.2) is 6.54 Å². The summed E-state index contributed by atoms with van der Waals surface area (Å²) in [7, 11) is 0. The molecule has 17 heavy (non-hydrogen) atoms. The molecule has 96 valence electrons. The van der Waals surface area contributed by atoms with Crippen LogP contribution in [0.2, 0.25) is 0 Å². The van der Waals surface area contributed by atoms with E-state index in [1.165, 1.54) is 18.4 Å². The molecule has 0 saturated carbocycles.